The molecule has 4 aromatic carbocycles. The smallest absolute Gasteiger partial charge is 0.201 e. The van der Waals surface area contributed by atoms with E-state index in [2.05, 4.69) is 6.07 Å². The first kappa shape index (κ1) is 17.0. The lowest BCUT2D eigenvalue weighted by Crippen LogP contribution is -2.07. The highest BCUT2D eigenvalue weighted by molar-refractivity contribution is 5.93. The lowest BCUT2D eigenvalue weighted by Gasteiger charge is -2.11. The number of para-hydroxylation sites is 1. The molecule has 3 heteroatoms. The number of hydrogen-bond acceptors (Lipinski definition) is 3. The Hall–Kier alpha value is -4.16. The Morgan fingerprint density at radius 1 is 0.724 bits per heavy atom. The number of fused-ring (bicyclic) bond motifs is 2. The molecule has 0 saturated carbocycles. The molecule has 0 spiro atoms. The monoisotopic (exact) mass is 373 g/mol. The Bertz CT molecular complexity index is 1490. The summed E-state index contributed by atoms with van der Waals surface area (Å²) in [6.45, 7) is 0. The van der Waals surface area contributed by atoms with Crippen LogP contribution in [0.4, 0.5) is 0 Å². The molecule has 5 rings (SSSR count). The van der Waals surface area contributed by atoms with Crippen LogP contribution in [0.5, 0.6) is 0 Å². The highest BCUT2D eigenvalue weighted by Crippen LogP contribution is 2.34. The van der Waals surface area contributed by atoms with Gasteiger partial charge in [-0.3, -0.25) is 4.79 Å². The van der Waals surface area contributed by atoms with Crippen molar-refractivity contribution in [1.29, 1.82) is 5.26 Å². The first-order chi connectivity index (χ1) is 14.2. The van der Waals surface area contributed by atoms with Gasteiger partial charge in [0.1, 0.15) is 11.3 Å². The first-order valence-electron chi connectivity index (χ1n) is 9.30. The molecule has 0 aliphatic rings. The lowest BCUT2D eigenvalue weighted by atomic mass is 9.96. The third kappa shape index (κ3) is 2.88. The number of hydrogen-bond donors (Lipinski definition) is 0. The van der Waals surface area contributed by atoms with E-state index in [1.165, 1.54) is 0 Å². The molecule has 0 unspecified atom stereocenters. The highest BCUT2D eigenvalue weighted by atomic mass is 16.3. The van der Waals surface area contributed by atoms with E-state index >= 15 is 0 Å². The van der Waals surface area contributed by atoms with Crippen molar-refractivity contribution in [2.24, 2.45) is 0 Å². The van der Waals surface area contributed by atoms with Crippen molar-refractivity contribution in [2.45, 2.75) is 0 Å². The van der Waals surface area contributed by atoms with Crippen LogP contribution >= 0.6 is 0 Å². The summed E-state index contributed by atoms with van der Waals surface area (Å²) in [5, 5.41) is 12.0. The number of nitrogens with zero attached hydrogens (tertiary/aromatic N) is 1. The molecule has 3 nitrogen and oxygen atoms in total. The van der Waals surface area contributed by atoms with E-state index in [-0.39, 0.29) is 5.43 Å². The van der Waals surface area contributed by atoms with Gasteiger partial charge in [-0.25, -0.2) is 0 Å². The van der Waals surface area contributed by atoms with E-state index in [4.69, 9.17) is 4.42 Å². The Morgan fingerprint density at radius 2 is 1.52 bits per heavy atom. The van der Waals surface area contributed by atoms with Gasteiger partial charge in [0.15, 0.2) is 0 Å². The fourth-order valence-corrected chi connectivity index (χ4v) is 3.68. The summed E-state index contributed by atoms with van der Waals surface area (Å²) in [6.07, 6.45) is 0. The molecule has 136 valence electrons. The van der Waals surface area contributed by atoms with Gasteiger partial charge in [0.25, 0.3) is 0 Å². The van der Waals surface area contributed by atoms with Gasteiger partial charge in [-0.05, 0) is 46.7 Å². The molecule has 0 amide bonds. The maximum atomic E-state index is 13.4. The second-order valence-electron chi connectivity index (χ2n) is 6.89. The zero-order valence-corrected chi connectivity index (χ0v) is 15.4. The highest BCUT2D eigenvalue weighted by Gasteiger charge is 2.18. The van der Waals surface area contributed by atoms with Crippen LogP contribution < -0.4 is 5.43 Å². The van der Waals surface area contributed by atoms with Crippen molar-refractivity contribution in [3.63, 3.8) is 0 Å². The second kappa shape index (κ2) is 6.78. The molecule has 0 bridgehead atoms. The minimum absolute atomic E-state index is 0.106. The predicted octanol–water partition coefficient (Wildman–Crippen LogP) is 6.15. The average Bonchev–Trinajstić information content (AvgIpc) is 2.78. The van der Waals surface area contributed by atoms with Gasteiger partial charge in [0.05, 0.1) is 22.6 Å². The number of rotatable bonds is 2. The van der Waals surface area contributed by atoms with Crippen LogP contribution in [-0.2, 0) is 0 Å². The summed E-state index contributed by atoms with van der Waals surface area (Å²) in [6, 6.07) is 30.5. The van der Waals surface area contributed by atoms with Crippen molar-refractivity contribution >= 4 is 21.7 Å². The third-order valence-corrected chi connectivity index (χ3v) is 5.09. The van der Waals surface area contributed by atoms with Crippen LogP contribution in [0, 0.1) is 11.3 Å². The molecular weight excluding hydrogens is 358 g/mol. The van der Waals surface area contributed by atoms with Crippen molar-refractivity contribution in [3.05, 3.63) is 107 Å². The largest absolute Gasteiger partial charge is 0.455 e. The predicted molar refractivity (Wildman–Crippen MR) is 116 cm³/mol. The molecule has 1 heterocycles. The van der Waals surface area contributed by atoms with Crippen molar-refractivity contribution in [2.75, 3.05) is 0 Å². The average molecular weight is 373 g/mol. The van der Waals surface area contributed by atoms with Crippen LogP contribution in [0.2, 0.25) is 0 Å². The second-order valence-corrected chi connectivity index (χ2v) is 6.89. The molecule has 5 aromatic rings. The summed E-state index contributed by atoms with van der Waals surface area (Å²) in [5.41, 5.74) is 2.90. The zero-order valence-electron chi connectivity index (χ0n) is 15.4. The van der Waals surface area contributed by atoms with Gasteiger partial charge in [-0.2, -0.15) is 5.26 Å². The number of benzene rings is 4. The first-order valence-corrected chi connectivity index (χ1v) is 9.30. The molecule has 0 fully saturated rings. The summed E-state index contributed by atoms with van der Waals surface area (Å²) in [4.78, 5) is 13.4. The molecular formula is C26H15NO2. The van der Waals surface area contributed by atoms with Crippen LogP contribution in [-0.4, -0.2) is 0 Å². The molecule has 0 saturated heterocycles. The van der Waals surface area contributed by atoms with Gasteiger partial charge >= 0.3 is 0 Å². The van der Waals surface area contributed by atoms with Gasteiger partial charge < -0.3 is 4.42 Å². The van der Waals surface area contributed by atoms with Gasteiger partial charge in [-0.15, -0.1) is 0 Å². The van der Waals surface area contributed by atoms with E-state index in [9.17, 15) is 10.1 Å². The minimum Gasteiger partial charge on any atom is -0.455 e. The van der Waals surface area contributed by atoms with Crippen LogP contribution in [0.3, 0.4) is 0 Å². The van der Waals surface area contributed by atoms with E-state index in [1.54, 1.807) is 30.3 Å². The zero-order chi connectivity index (χ0) is 19.8. The van der Waals surface area contributed by atoms with E-state index < -0.39 is 0 Å². The molecule has 0 aliphatic heterocycles. The molecule has 1 aromatic heterocycles. The Balaban J connectivity index is 1.88. The molecule has 0 N–H and O–H groups in total. The fourth-order valence-electron chi connectivity index (χ4n) is 3.68. The third-order valence-electron chi connectivity index (χ3n) is 5.09. The van der Waals surface area contributed by atoms with Crippen molar-refractivity contribution in [3.8, 4) is 28.5 Å². The molecule has 29 heavy (non-hydrogen) atoms. The standard InChI is InChI=1S/C26H15NO2/c27-16-17-6-5-9-20(14-17)24-25(28)22-10-3-4-11-23(22)29-26(24)21-13-12-18-7-1-2-8-19(18)15-21/h1-15H. The van der Waals surface area contributed by atoms with Gasteiger partial charge in [0.2, 0.25) is 5.43 Å². The Labute approximate surface area is 167 Å². The maximum Gasteiger partial charge on any atom is 0.201 e. The lowest BCUT2D eigenvalue weighted by molar-refractivity contribution is 0.621. The quantitative estimate of drug-likeness (QED) is 0.373. The fraction of sp³-hybridized carbons (Fsp3) is 0. The topological polar surface area (TPSA) is 54.0 Å². The van der Waals surface area contributed by atoms with Crippen LogP contribution in [0.15, 0.2) is 100 Å². The molecule has 0 aliphatic carbocycles. The van der Waals surface area contributed by atoms with E-state index in [1.807, 2.05) is 60.7 Å². The van der Waals surface area contributed by atoms with Crippen LogP contribution in [0.25, 0.3) is 44.2 Å². The van der Waals surface area contributed by atoms with Crippen LogP contribution in [0.1, 0.15) is 5.56 Å². The summed E-state index contributed by atoms with van der Waals surface area (Å²) >= 11 is 0. The summed E-state index contributed by atoms with van der Waals surface area (Å²) in [5.74, 6) is 0.509. The molecule has 0 radical (unpaired) electrons. The minimum atomic E-state index is -0.106. The molecule has 0 atom stereocenters. The maximum absolute atomic E-state index is 13.4. The van der Waals surface area contributed by atoms with E-state index in [0.29, 0.717) is 33.4 Å². The van der Waals surface area contributed by atoms with Crippen molar-refractivity contribution in [1.82, 2.24) is 0 Å². The van der Waals surface area contributed by atoms with Gasteiger partial charge in [0, 0.05) is 5.56 Å². The van der Waals surface area contributed by atoms with Crippen molar-refractivity contribution < 1.29 is 4.42 Å². The SMILES string of the molecule is N#Cc1cccc(-c2c(-c3ccc4ccccc4c3)oc3ccccc3c2=O)c1. The Morgan fingerprint density at radius 3 is 2.38 bits per heavy atom. The number of nitriles is 1. The van der Waals surface area contributed by atoms with E-state index in [0.717, 1.165) is 16.3 Å². The summed E-state index contributed by atoms with van der Waals surface area (Å²) < 4.78 is 6.25. The van der Waals surface area contributed by atoms with Gasteiger partial charge in [-0.1, -0.05) is 60.7 Å². The normalized spacial score (nSPS) is 10.9. The Kier molecular flexibility index (Phi) is 3.97. The summed E-state index contributed by atoms with van der Waals surface area (Å²) in [7, 11) is 0.